The maximum Gasteiger partial charge on any atom is 0.255 e. The van der Waals surface area contributed by atoms with Crippen LogP contribution in [0.4, 0.5) is 11.5 Å². The summed E-state index contributed by atoms with van der Waals surface area (Å²) in [4.78, 5) is 28.8. The van der Waals surface area contributed by atoms with Crippen molar-refractivity contribution in [3.63, 3.8) is 0 Å². The molecule has 1 aromatic carbocycles. The molecular formula is C20H23N3O5. The molecule has 0 spiro atoms. The Kier molecular flexibility index (Phi) is 5.67. The van der Waals surface area contributed by atoms with Gasteiger partial charge in [0, 0.05) is 11.5 Å². The predicted octanol–water partition coefficient (Wildman–Crippen LogP) is 3.02. The molecule has 28 heavy (non-hydrogen) atoms. The highest BCUT2D eigenvalue weighted by molar-refractivity contribution is 6.05. The smallest absolute Gasteiger partial charge is 0.255 e. The van der Waals surface area contributed by atoms with E-state index in [1.165, 1.54) is 27.5 Å². The number of nitrogens with one attached hydrogen (secondary N) is 2. The summed E-state index contributed by atoms with van der Waals surface area (Å²) in [5.74, 6) is 1.40. The van der Waals surface area contributed by atoms with E-state index in [9.17, 15) is 9.59 Å². The van der Waals surface area contributed by atoms with Crippen LogP contribution in [0.15, 0.2) is 24.4 Å². The fourth-order valence-corrected chi connectivity index (χ4v) is 2.74. The standard InChI is InChI=1S/C20H23N3O5/c1-11-7-17(23-19(24)12-5-6-12)21-10-14(11)22-20(25)13-8-15(26-2)18(28-4)16(9-13)27-3/h7-10,12H,5-6H2,1-4H3,(H,22,25)(H,21,23,24). The van der Waals surface area contributed by atoms with Crippen LogP contribution in [0.1, 0.15) is 28.8 Å². The summed E-state index contributed by atoms with van der Waals surface area (Å²) in [7, 11) is 4.47. The topological polar surface area (TPSA) is 98.8 Å². The Balaban J connectivity index is 1.78. The van der Waals surface area contributed by atoms with Crippen molar-refractivity contribution in [2.75, 3.05) is 32.0 Å². The van der Waals surface area contributed by atoms with Gasteiger partial charge < -0.3 is 24.8 Å². The largest absolute Gasteiger partial charge is 0.493 e. The summed E-state index contributed by atoms with van der Waals surface area (Å²) in [5, 5.41) is 5.61. The first-order valence-corrected chi connectivity index (χ1v) is 8.85. The molecule has 1 aromatic heterocycles. The Bertz CT molecular complexity index is 884. The molecule has 1 aliphatic carbocycles. The van der Waals surface area contributed by atoms with Gasteiger partial charge in [-0.1, -0.05) is 0 Å². The van der Waals surface area contributed by atoms with Crippen LogP contribution in [-0.2, 0) is 4.79 Å². The van der Waals surface area contributed by atoms with Gasteiger partial charge in [-0.2, -0.15) is 0 Å². The number of carbonyl (C=O) groups is 2. The minimum Gasteiger partial charge on any atom is -0.493 e. The maximum atomic E-state index is 12.7. The zero-order chi connectivity index (χ0) is 20.3. The third-order valence-electron chi connectivity index (χ3n) is 4.49. The third-order valence-corrected chi connectivity index (χ3v) is 4.49. The number of carbonyl (C=O) groups excluding carboxylic acids is 2. The summed E-state index contributed by atoms with van der Waals surface area (Å²) in [6.07, 6.45) is 3.37. The minimum atomic E-state index is -0.348. The van der Waals surface area contributed by atoms with Crippen molar-refractivity contribution in [3.8, 4) is 17.2 Å². The van der Waals surface area contributed by atoms with Crippen LogP contribution in [0.5, 0.6) is 17.2 Å². The maximum absolute atomic E-state index is 12.7. The molecule has 0 aliphatic heterocycles. The lowest BCUT2D eigenvalue weighted by Gasteiger charge is -2.15. The van der Waals surface area contributed by atoms with Gasteiger partial charge >= 0.3 is 0 Å². The second-order valence-corrected chi connectivity index (χ2v) is 6.52. The van der Waals surface area contributed by atoms with Gasteiger partial charge in [-0.05, 0) is 43.5 Å². The quantitative estimate of drug-likeness (QED) is 0.760. The fourth-order valence-electron chi connectivity index (χ4n) is 2.74. The van der Waals surface area contributed by atoms with E-state index in [1.54, 1.807) is 18.2 Å². The van der Waals surface area contributed by atoms with Crippen LogP contribution in [0, 0.1) is 12.8 Å². The number of aryl methyl sites for hydroxylation is 1. The third kappa shape index (κ3) is 4.16. The zero-order valence-corrected chi connectivity index (χ0v) is 16.3. The summed E-state index contributed by atoms with van der Waals surface area (Å²) >= 11 is 0. The van der Waals surface area contributed by atoms with E-state index in [-0.39, 0.29) is 17.7 Å². The van der Waals surface area contributed by atoms with Crippen molar-refractivity contribution in [2.24, 2.45) is 5.92 Å². The fraction of sp³-hybridized carbons (Fsp3) is 0.350. The Morgan fingerprint density at radius 2 is 1.64 bits per heavy atom. The van der Waals surface area contributed by atoms with Crippen molar-refractivity contribution in [1.82, 2.24) is 4.98 Å². The average Bonchev–Trinajstić information content (AvgIpc) is 3.54. The van der Waals surface area contributed by atoms with Crippen molar-refractivity contribution >= 4 is 23.3 Å². The Morgan fingerprint density at radius 3 is 2.14 bits per heavy atom. The first kappa shape index (κ1) is 19.5. The first-order valence-electron chi connectivity index (χ1n) is 8.85. The molecule has 1 fully saturated rings. The van der Waals surface area contributed by atoms with Gasteiger partial charge in [-0.15, -0.1) is 0 Å². The van der Waals surface area contributed by atoms with E-state index in [0.717, 1.165) is 18.4 Å². The number of methoxy groups -OCH3 is 3. The number of nitrogens with zero attached hydrogens (tertiary/aromatic N) is 1. The lowest BCUT2D eigenvalue weighted by molar-refractivity contribution is -0.117. The molecule has 1 saturated carbocycles. The molecule has 1 aliphatic rings. The van der Waals surface area contributed by atoms with Crippen LogP contribution < -0.4 is 24.8 Å². The number of aromatic nitrogens is 1. The van der Waals surface area contributed by atoms with Crippen LogP contribution >= 0.6 is 0 Å². The highest BCUT2D eigenvalue weighted by Gasteiger charge is 2.29. The van der Waals surface area contributed by atoms with Gasteiger partial charge in [0.2, 0.25) is 11.7 Å². The highest BCUT2D eigenvalue weighted by Crippen LogP contribution is 2.38. The Hall–Kier alpha value is -3.29. The van der Waals surface area contributed by atoms with Crippen LogP contribution in [0.2, 0.25) is 0 Å². The van der Waals surface area contributed by atoms with Gasteiger partial charge in [0.15, 0.2) is 11.5 Å². The van der Waals surface area contributed by atoms with E-state index >= 15 is 0 Å². The van der Waals surface area contributed by atoms with Crippen molar-refractivity contribution < 1.29 is 23.8 Å². The lowest BCUT2D eigenvalue weighted by atomic mass is 10.1. The summed E-state index contributed by atoms with van der Waals surface area (Å²) in [6, 6.07) is 4.87. The second-order valence-electron chi connectivity index (χ2n) is 6.52. The number of ether oxygens (including phenoxy) is 3. The molecule has 0 radical (unpaired) electrons. The normalized spacial score (nSPS) is 12.9. The number of hydrogen-bond acceptors (Lipinski definition) is 6. The van der Waals surface area contributed by atoms with Crippen molar-refractivity contribution in [2.45, 2.75) is 19.8 Å². The summed E-state index contributed by atoms with van der Waals surface area (Å²) in [5.41, 5.74) is 1.67. The van der Waals surface area contributed by atoms with E-state index < -0.39 is 0 Å². The van der Waals surface area contributed by atoms with E-state index in [0.29, 0.717) is 34.3 Å². The van der Waals surface area contributed by atoms with Gasteiger partial charge in [0.1, 0.15) is 5.82 Å². The molecule has 0 saturated heterocycles. The highest BCUT2D eigenvalue weighted by atomic mass is 16.5. The monoisotopic (exact) mass is 385 g/mol. The van der Waals surface area contributed by atoms with Gasteiger partial charge in [0.25, 0.3) is 5.91 Å². The molecule has 1 heterocycles. The first-order chi connectivity index (χ1) is 13.5. The Labute approximate surface area is 163 Å². The SMILES string of the molecule is COc1cc(C(=O)Nc2cnc(NC(=O)C3CC3)cc2C)cc(OC)c1OC. The molecule has 8 heteroatoms. The molecule has 2 aromatic rings. The minimum absolute atomic E-state index is 0.0129. The average molecular weight is 385 g/mol. The Morgan fingerprint density at radius 1 is 1.00 bits per heavy atom. The molecular weight excluding hydrogens is 362 g/mol. The number of anilines is 2. The molecule has 3 rings (SSSR count). The summed E-state index contributed by atoms with van der Waals surface area (Å²) in [6.45, 7) is 1.83. The molecule has 8 nitrogen and oxygen atoms in total. The zero-order valence-electron chi connectivity index (χ0n) is 16.3. The number of hydrogen-bond donors (Lipinski definition) is 2. The van der Waals surface area contributed by atoms with Crippen molar-refractivity contribution in [3.05, 3.63) is 35.5 Å². The molecule has 2 amide bonds. The van der Waals surface area contributed by atoms with Crippen LogP contribution in [0.3, 0.4) is 0 Å². The number of rotatable bonds is 7. The van der Waals surface area contributed by atoms with Crippen LogP contribution in [0.25, 0.3) is 0 Å². The van der Waals surface area contributed by atoms with E-state index in [2.05, 4.69) is 15.6 Å². The van der Waals surface area contributed by atoms with Gasteiger partial charge in [0.05, 0.1) is 33.2 Å². The number of amides is 2. The van der Waals surface area contributed by atoms with E-state index in [1.807, 2.05) is 6.92 Å². The van der Waals surface area contributed by atoms with Gasteiger partial charge in [-0.3, -0.25) is 9.59 Å². The van der Waals surface area contributed by atoms with Gasteiger partial charge in [-0.25, -0.2) is 4.98 Å². The molecule has 0 unspecified atom stereocenters. The predicted molar refractivity (Wildman–Crippen MR) is 104 cm³/mol. The number of benzene rings is 1. The number of pyridine rings is 1. The molecule has 0 bridgehead atoms. The summed E-state index contributed by atoms with van der Waals surface area (Å²) < 4.78 is 15.8. The molecule has 0 atom stereocenters. The lowest BCUT2D eigenvalue weighted by Crippen LogP contribution is -2.16. The van der Waals surface area contributed by atoms with Crippen molar-refractivity contribution in [1.29, 1.82) is 0 Å². The molecule has 2 N–H and O–H groups in total. The molecule has 148 valence electrons. The van der Waals surface area contributed by atoms with Crippen LogP contribution in [-0.4, -0.2) is 38.1 Å². The second kappa shape index (κ2) is 8.16. The van der Waals surface area contributed by atoms with E-state index in [4.69, 9.17) is 14.2 Å².